The Kier molecular flexibility index (Phi) is 6.08. The molecule has 0 aromatic rings. The van der Waals surface area contributed by atoms with E-state index in [9.17, 15) is 87.6 Å². The van der Waals surface area contributed by atoms with Crippen LogP contribution < -0.4 is 0 Å². The third-order valence-corrected chi connectivity index (χ3v) is 4.11. The van der Waals surface area contributed by atoms with E-state index in [1.807, 2.05) is 0 Å². The fourth-order valence-electron chi connectivity index (χ4n) is 1.93. The fraction of sp³-hybridized carbons (Fsp3) is 1.00. The molecular weight excluding hydrogens is 499 g/mol. The Morgan fingerprint density at radius 2 is 0.690 bits per heavy atom. The predicted molar refractivity (Wildman–Crippen MR) is 50.1 cm³/mol. The van der Waals surface area contributed by atoms with Crippen molar-refractivity contribution in [2.24, 2.45) is 5.41 Å². The molecule has 21 heteroatoms. The fourth-order valence-corrected chi connectivity index (χ4v) is 2.39. The Balaban J connectivity index is 8.16. The quantitative estimate of drug-likeness (QED) is 0.407. The summed E-state index contributed by atoms with van der Waals surface area (Å²) in [6.45, 7) is 0. The van der Waals surface area contributed by atoms with E-state index >= 15 is 0 Å². The summed E-state index contributed by atoms with van der Waals surface area (Å²) in [5.41, 5.74) is -9.54. The van der Waals surface area contributed by atoms with Crippen molar-refractivity contribution in [3.05, 3.63) is 0 Å². The molecule has 0 radical (unpaired) electrons. The van der Waals surface area contributed by atoms with Gasteiger partial charge < -0.3 is 4.55 Å². The maximum absolute atomic E-state index is 13.6. The standard InChI is InChI=1S/C8HF17O3S/c9-2(10,6(18,19)20)1(5(15,16)17,3(11,12)7(21,22)23)4(13,14)8(24,25)29(26,27)28/h(H,26,27,28)/p-1. The largest absolute Gasteiger partial charge is 0.743 e. The predicted octanol–water partition coefficient (Wildman–Crippen LogP) is 4.70. The van der Waals surface area contributed by atoms with E-state index in [2.05, 4.69) is 0 Å². The lowest BCUT2D eigenvalue weighted by atomic mass is 9.68. The number of hydrogen-bond acceptors (Lipinski definition) is 3. The first-order chi connectivity index (χ1) is 12.0. The van der Waals surface area contributed by atoms with Crippen LogP contribution in [0.1, 0.15) is 0 Å². The molecule has 0 atom stereocenters. The van der Waals surface area contributed by atoms with Crippen LogP contribution in [0.2, 0.25) is 0 Å². The van der Waals surface area contributed by atoms with E-state index in [0.29, 0.717) is 0 Å². The highest BCUT2D eigenvalue weighted by Crippen LogP contribution is 2.73. The van der Waals surface area contributed by atoms with Crippen molar-refractivity contribution in [1.82, 2.24) is 0 Å². The van der Waals surface area contributed by atoms with Crippen LogP contribution in [0.5, 0.6) is 0 Å². The zero-order valence-corrected chi connectivity index (χ0v) is 12.9. The highest BCUT2D eigenvalue weighted by atomic mass is 32.2. The normalized spacial score (nSPS) is 16.9. The summed E-state index contributed by atoms with van der Waals surface area (Å²) in [4.78, 5) is 0. The molecule has 0 spiro atoms. The molecule has 0 unspecified atom stereocenters. The maximum atomic E-state index is 13.6. The molecule has 0 saturated carbocycles. The molecule has 0 aliphatic heterocycles. The van der Waals surface area contributed by atoms with Gasteiger partial charge in [-0.05, 0) is 0 Å². The summed E-state index contributed by atoms with van der Waals surface area (Å²) >= 11 is 0. The Morgan fingerprint density at radius 3 is 0.828 bits per heavy atom. The van der Waals surface area contributed by atoms with E-state index < -0.39 is 57.1 Å². The summed E-state index contributed by atoms with van der Waals surface area (Å²) in [7, 11) is -8.55. The van der Waals surface area contributed by atoms with Gasteiger partial charge in [-0.25, -0.2) is 8.42 Å². The van der Waals surface area contributed by atoms with E-state index in [-0.39, 0.29) is 0 Å². The molecule has 0 aliphatic carbocycles. The molecule has 0 aromatic carbocycles. The van der Waals surface area contributed by atoms with Gasteiger partial charge in [-0.2, -0.15) is 74.6 Å². The summed E-state index contributed by atoms with van der Waals surface area (Å²) in [5, 5.41) is -8.47. The van der Waals surface area contributed by atoms with Gasteiger partial charge in [0.15, 0.2) is 10.1 Å². The van der Waals surface area contributed by atoms with Crippen molar-refractivity contribution in [3.8, 4) is 0 Å². The smallest absolute Gasteiger partial charge is 0.454 e. The summed E-state index contributed by atoms with van der Waals surface area (Å²) in [6, 6.07) is 0. The topological polar surface area (TPSA) is 57.2 Å². The van der Waals surface area contributed by atoms with E-state index in [1.165, 1.54) is 0 Å². The van der Waals surface area contributed by atoms with Crippen molar-refractivity contribution in [3.63, 3.8) is 0 Å². The zero-order valence-electron chi connectivity index (χ0n) is 12.1. The second kappa shape index (κ2) is 6.36. The monoisotopic (exact) mass is 499 g/mol. The summed E-state index contributed by atoms with van der Waals surface area (Å²) < 4.78 is 248. The van der Waals surface area contributed by atoms with Gasteiger partial charge in [0.1, 0.15) is 0 Å². The highest BCUT2D eigenvalue weighted by molar-refractivity contribution is 7.86. The Hall–Kier alpha value is -1.28. The van der Waals surface area contributed by atoms with Crippen LogP contribution in [-0.4, -0.2) is 54.5 Å². The SMILES string of the molecule is O=S(=O)([O-])C(F)(F)C(F)(F)C(C(F)(F)F)(C(F)(F)C(F)(F)F)C(F)(F)C(F)(F)F. The van der Waals surface area contributed by atoms with E-state index in [0.717, 1.165) is 0 Å². The first kappa shape index (κ1) is 27.7. The van der Waals surface area contributed by atoms with E-state index in [4.69, 9.17) is 0 Å². The second-order valence-electron chi connectivity index (χ2n) is 4.94. The Morgan fingerprint density at radius 1 is 0.448 bits per heavy atom. The number of rotatable bonds is 5. The van der Waals surface area contributed by atoms with Gasteiger partial charge >= 0.3 is 41.6 Å². The first-order valence-corrected chi connectivity index (χ1v) is 7.08. The molecule has 0 aromatic heterocycles. The van der Waals surface area contributed by atoms with Crippen LogP contribution in [0.25, 0.3) is 0 Å². The molecule has 0 N–H and O–H groups in total. The first-order valence-electron chi connectivity index (χ1n) is 5.67. The Bertz CT molecular complexity index is 697. The molecule has 29 heavy (non-hydrogen) atoms. The van der Waals surface area contributed by atoms with Crippen molar-refractivity contribution in [2.75, 3.05) is 0 Å². The number of halogens is 17. The average molecular weight is 499 g/mol. The highest BCUT2D eigenvalue weighted by Gasteiger charge is 3.03. The summed E-state index contributed by atoms with van der Waals surface area (Å²) in [6.07, 6.45) is -25.9. The van der Waals surface area contributed by atoms with Crippen LogP contribution in [0.15, 0.2) is 0 Å². The Labute approximate surface area is 146 Å². The van der Waals surface area contributed by atoms with Crippen LogP contribution in [0.4, 0.5) is 74.6 Å². The van der Waals surface area contributed by atoms with Crippen molar-refractivity contribution < 1.29 is 87.6 Å². The minimum Gasteiger partial charge on any atom is -0.743 e. The van der Waals surface area contributed by atoms with Gasteiger partial charge in [0.05, 0.1) is 0 Å². The average Bonchev–Trinajstić information content (AvgIpc) is 2.31. The zero-order chi connectivity index (χ0) is 24.5. The lowest BCUT2D eigenvalue weighted by Gasteiger charge is -2.51. The molecule has 3 nitrogen and oxygen atoms in total. The van der Waals surface area contributed by atoms with Gasteiger partial charge in [0.25, 0.3) is 5.41 Å². The second-order valence-corrected chi connectivity index (χ2v) is 6.36. The van der Waals surface area contributed by atoms with Crippen LogP contribution >= 0.6 is 0 Å². The molecule has 0 heterocycles. The maximum Gasteiger partial charge on any atom is 0.454 e. The van der Waals surface area contributed by atoms with Gasteiger partial charge in [-0.15, -0.1) is 0 Å². The van der Waals surface area contributed by atoms with Gasteiger partial charge in [0, 0.05) is 0 Å². The van der Waals surface area contributed by atoms with Crippen LogP contribution in [0.3, 0.4) is 0 Å². The molecular formula is C8F17O3S-. The molecule has 0 rings (SSSR count). The van der Waals surface area contributed by atoms with E-state index in [1.54, 1.807) is 0 Å². The number of alkyl halides is 17. The molecule has 0 fully saturated rings. The van der Waals surface area contributed by atoms with Crippen molar-refractivity contribution in [1.29, 1.82) is 0 Å². The molecule has 0 saturated heterocycles. The van der Waals surface area contributed by atoms with Gasteiger partial charge in [-0.1, -0.05) is 0 Å². The molecule has 0 amide bonds. The van der Waals surface area contributed by atoms with Crippen molar-refractivity contribution in [2.45, 2.75) is 41.6 Å². The number of hydrogen-bond donors (Lipinski definition) is 0. The molecule has 0 aliphatic rings. The minimum atomic E-state index is -9.54. The molecule has 0 bridgehead atoms. The summed E-state index contributed by atoms with van der Waals surface area (Å²) in [5.74, 6) is -27.5. The van der Waals surface area contributed by atoms with Crippen LogP contribution in [-0.2, 0) is 10.1 Å². The third kappa shape index (κ3) is 3.26. The lowest BCUT2D eigenvalue weighted by Crippen LogP contribution is -2.81. The molecule has 176 valence electrons. The third-order valence-electron chi connectivity index (χ3n) is 3.23. The lowest BCUT2D eigenvalue weighted by molar-refractivity contribution is -0.511. The van der Waals surface area contributed by atoms with Crippen molar-refractivity contribution >= 4 is 10.1 Å². The van der Waals surface area contributed by atoms with Gasteiger partial charge in [-0.3, -0.25) is 0 Å². The van der Waals surface area contributed by atoms with Crippen LogP contribution in [0, 0.1) is 5.41 Å². The van der Waals surface area contributed by atoms with Gasteiger partial charge in [0.2, 0.25) is 0 Å². The minimum absolute atomic E-state index is 8.47.